The number of carbonyl (C=O) groups is 1. The first kappa shape index (κ1) is 15.8. The highest BCUT2D eigenvalue weighted by molar-refractivity contribution is 5.81. The maximum atomic E-state index is 11.7. The molecule has 1 aromatic rings. The fraction of sp³-hybridized carbons (Fsp3) is 0.562. The molecule has 5 heteroatoms. The Bertz CT molecular complexity index is 428. The van der Waals surface area contributed by atoms with Crippen molar-refractivity contribution < 1.29 is 14.3 Å². The van der Waals surface area contributed by atoms with E-state index in [9.17, 15) is 4.79 Å². The van der Waals surface area contributed by atoms with Crippen molar-refractivity contribution in [3.8, 4) is 5.75 Å². The van der Waals surface area contributed by atoms with Crippen molar-refractivity contribution in [1.82, 2.24) is 10.6 Å². The zero-order valence-corrected chi connectivity index (χ0v) is 12.6. The number of nitrogens with one attached hydrogen (secondary N) is 2. The topological polar surface area (TPSA) is 59.6 Å². The van der Waals surface area contributed by atoms with E-state index in [0.29, 0.717) is 19.8 Å². The van der Waals surface area contributed by atoms with Gasteiger partial charge in [0.1, 0.15) is 5.75 Å². The average Bonchev–Trinajstić information content (AvgIpc) is 3.05. The first-order valence-electron chi connectivity index (χ1n) is 7.51. The Labute approximate surface area is 126 Å². The summed E-state index contributed by atoms with van der Waals surface area (Å²) in [5.41, 5.74) is 1.12. The second-order valence-electron chi connectivity index (χ2n) is 5.19. The van der Waals surface area contributed by atoms with Crippen LogP contribution >= 0.6 is 0 Å². The van der Waals surface area contributed by atoms with Crippen LogP contribution in [-0.2, 0) is 16.1 Å². The van der Waals surface area contributed by atoms with Crippen LogP contribution in [0.15, 0.2) is 24.3 Å². The van der Waals surface area contributed by atoms with E-state index >= 15 is 0 Å². The molecule has 2 N–H and O–H groups in total. The highest BCUT2D eigenvalue weighted by Gasteiger charge is 2.20. The number of ether oxygens (including phenoxy) is 2. The van der Waals surface area contributed by atoms with E-state index < -0.39 is 0 Å². The Morgan fingerprint density at radius 2 is 2.19 bits per heavy atom. The molecule has 1 unspecified atom stereocenters. The lowest BCUT2D eigenvalue weighted by molar-refractivity contribution is -0.122. The van der Waals surface area contributed by atoms with Crippen LogP contribution in [0.25, 0.3) is 0 Å². The van der Waals surface area contributed by atoms with Crippen molar-refractivity contribution in [3.05, 3.63) is 29.8 Å². The first-order valence-corrected chi connectivity index (χ1v) is 7.51. The van der Waals surface area contributed by atoms with Gasteiger partial charge in [-0.25, -0.2) is 0 Å². The van der Waals surface area contributed by atoms with Gasteiger partial charge in [-0.15, -0.1) is 0 Å². The molecule has 5 nitrogen and oxygen atoms in total. The van der Waals surface area contributed by atoms with Crippen LogP contribution in [0.5, 0.6) is 5.75 Å². The van der Waals surface area contributed by atoms with Crippen LogP contribution in [0.2, 0.25) is 0 Å². The number of methoxy groups -OCH3 is 1. The van der Waals surface area contributed by atoms with Crippen LogP contribution in [0.4, 0.5) is 0 Å². The van der Waals surface area contributed by atoms with Crippen LogP contribution < -0.4 is 15.4 Å². The number of rotatable bonds is 8. The summed E-state index contributed by atoms with van der Waals surface area (Å²) >= 11 is 0. The van der Waals surface area contributed by atoms with Gasteiger partial charge < -0.3 is 20.1 Å². The lowest BCUT2D eigenvalue weighted by Gasteiger charge is -2.11. The SMILES string of the molecule is COc1ccc(COCCCNC(=O)C2CCCN2)cc1. The van der Waals surface area contributed by atoms with E-state index in [4.69, 9.17) is 9.47 Å². The Kier molecular flexibility index (Phi) is 6.50. The zero-order valence-electron chi connectivity index (χ0n) is 12.6. The van der Waals surface area contributed by atoms with Gasteiger partial charge in [-0.2, -0.15) is 0 Å². The molecule has 0 aliphatic carbocycles. The van der Waals surface area contributed by atoms with Gasteiger partial charge in [-0.3, -0.25) is 4.79 Å². The van der Waals surface area contributed by atoms with Crippen molar-refractivity contribution in [2.24, 2.45) is 0 Å². The summed E-state index contributed by atoms with van der Waals surface area (Å²) in [7, 11) is 1.65. The molecule has 21 heavy (non-hydrogen) atoms. The van der Waals surface area contributed by atoms with Gasteiger partial charge in [0, 0.05) is 13.2 Å². The predicted molar refractivity (Wildman–Crippen MR) is 81.3 cm³/mol. The van der Waals surface area contributed by atoms with Gasteiger partial charge in [0.25, 0.3) is 0 Å². The molecule has 1 saturated heterocycles. The predicted octanol–water partition coefficient (Wildman–Crippen LogP) is 1.47. The third-order valence-corrected chi connectivity index (χ3v) is 3.57. The second kappa shape index (κ2) is 8.64. The third-order valence-electron chi connectivity index (χ3n) is 3.57. The fourth-order valence-electron chi connectivity index (χ4n) is 2.33. The summed E-state index contributed by atoms with van der Waals surface area (Å²) in [5, 5.41) is 6.13. The standard InChI is InChI=1S/C16H24N2O3/c1-20-14-7-5-13(6-8-14)12-21-11-3-10-18-16(19)15-4-2-9-17-15/h5-8,15,17H,2-4,9-12H2,1H3,(H,18,19). The monoisotopic (exact) mass is 292 g/mol. The normalized spacial score (nSPS) is 17.7. The highest BCUT2D eigenvalue weighted by Crippen LogP contribution is 2.11. The molecule has 1 aliphatic rings. The molecule has 116 valence electrons. The van der Waals surface area contributed by atoms with Gasteiger partial charge in [0.05, 0.1) is 19.8 Å². The maximum absolute atomic E-state index is 11.7. The Hall–Kier alpha value is -1.59. The lowest BCUT2D eigenvalue weighted by Crippen LogP contribution is -2.40. The van der Waals surface area contributed by atoms with Gasteiger partial charge >= 0.3 is 0 Å². The summed E-state index contributed by atoms with van der Waals surface area (Å²) in [5.74, 6) is 0.963. The molecule has 1 heterocycles. The second-order valence-corrected chi connectivity index (χ2v) is 5.19. The molecular weight excluding hydrogens is 268 g/mol. The average molecular weight is 292 g/mol. The molecule has 1 atom stereocenters. The minimum atomic E-state index is 0.00483. The van der Waals surface area contributed by atoms with E-state index in [1.54, 1.807) is 7.11 Å². The number of amides is 1. The van der Waals surface area contributed by atoms with Crippen LogP contribution in [0.1, 0.15) is 24.8 Å². The van der Waals surface area contributed by atoms with Gasteiger partial charge in [-0.1, -0.05) is 12.1 Å². The summed E-state index contributed by atoms with van der Waals surface area (Å²) in [4.78, 5) is 11.7. The van der Waals surface area contributed by atoms with Crippen molar-refractivity contribution in [2.45, 2.75) is 31.9 Å². The lowest BCUT2D eigenvalue weighted by atomic mass is 10.2. The number of benzene rings is 1. The first-order chi connectivity index (χ1) is 10.3. The molecule has 0 radical (unpaired) electrons. The van der Waals surface area contributed by atoms with Crippen molar-refractivity contribution in [1.29, 1.82) is 0 Å². The molecule has 0 bridgehead atoms. The molecule has 1 aliphatic heterocycles. The van der Waals surface area contributed by atoms with E-state index in [2.05, 4.69) is 10.6 Å². The number of hydrogen-bond acceptors (Lipinski definition) is 4. The van der Waals surface area contributed by atoms with Crippen LogP contribution in [0, 0.1) is 0 Å². The molecule has 0 spiro atoms. The highest BCUT2D eigenvalue weighted by atomic mass is 16.5. The number of carbonyl (C=O) groups excluding carboxylic acids is 1. The van der Waals surface area contributed by atoms with E-state index in [0.717, 1.165) is 37.1 Å². The van der Waals surface area contributed by atoms with Crippen molar-refractivity contribution in [3.63, 3.8) is 0 Å². The van der Waals surface area contributed by atoms with E-state index in [1.165, 1.54) is 0 Å². The van der Waals surface area contributed by atoms with E-state index in [-0.39, 0.29) is 11.9 Å². The summed E-state index contributed by atoms with van der Waals surface area (Å²) < 4.78 is 10.7. The minimum absolute atomic E-state index is 0.00483. The van der Waals surface area contributed by atoms with Gasteiger partial charge in [0.15, 0.2) is 0 Å². The Balaban J connectivity index is 1.52. The summed E-state index contributed by atoms with van der Waals surface area (Å²) in [6.45, 7) is 2.84. The Morgan fingerprint density at radius 3 is 2.86 bits per heavy atom. The smallest absolute Gasteiger partial charge is 0.237 e. The summed E-state index contributed by atoms with van der Waals surface area (Å²) in [6.07, 6.45) is 2.86. The molecular formula is C16H24N2O3. The van der Waals surface area contributed by atoms with Crippen molar-refractivity contribution >= 4 is 5.91 Å². The molecule has 2 rings (SSSR count). The molecule has 1 amide bonds. The van der Waals surface area contributed by atoms with Gasteiger partial charge in [0.2, 0.25) is 5.91 Å². The Morgan fingerprint density at radius 1 is 1.38 bits per heavy atom. The third kappa shape index (κ3) is 5.36. The molecule has 0 saturated carbocycles. The van der Waals surface area contributed by atoms with Gasteiger partial charge in [-0.05, 0) is 43.5 Å². The molecule has 1 fully saturated rings. The summed E-state index contributed by atoms with van der Waals surface area (Å²) in [6, 6.07) is 7.84. The maximum Gasteiger partial charge on any atom is 0.237 e. The zero-order chi connectivity index (χ0) is 14.9. The van der Waals surface area contributed by atoms with Crippen LogP contribution in [-0.4, -0.2) is 38.8 Å². The van der Waals surface area contributed by atoms with Crippen LogP contribution in [0.3, 0.4) is 0 Å². The molecule has 0 aromatic heterocycles. The van der Waals surface area contributed by atoms with Crippen molar-refractivity contribution in [2.75, 3.05) is 26.8 Å². The fourth-order valence-corrected chi connectivity index (χ4v) is 2.33. The largest absolute Gasteiger partial charge is 0.497 e. The minimum Gasteiger partial charge on any atom is -0.497 e. The quantitative estimate of drug-likeness (QED) is 0.712. The van der Waals surface area contributed by atoms with E-state index in [1.807, 2.05) is 24.3 Å². The molecule has 1 aromatic carbocycles. The number of hydrogen-bond donors (Lipinski definition) is 2.